The van der Waals surface area contributed by atoms with E-state index in [-0.39, 0.29) is 5.97 Å². The van der Waals surface area contributed by atoms with Crippen LogP contribution in [0.1, 0.15) is 29.2 Å². The van der Waals surface area contributed by atoms with Crippen LogP contribution in [0.2, 0.25) is 0 Å². The van der Waals surface area contributed by atoms with Crippen molar-refractivity contribution in [1.82, 2.24) is 4.98 Å². The second-order valence-corrected chi connectivity index (χ2v) is 5.31. The first-order chi connectivity index (χ1) is 9.65. The number of carbonyl (C=O) groups is 1. The SMILES string of the molecule is CCOC(=O)c1nc(-c2cccc(OCC)c2)sc1C. The molecular formula is C15H17NO3S. The van der Waals surface area contributed by atoms with E-state index in [0.29, 0.717) is 18.9 Å². The zero-order valence-corrected chi connectivity index (χ0v) is 12.6. The summed E-state index contributed by atoms with van der Waals surface area (Å²) in [6.07, 6.45) is 0. The minimum atomic E-state index is -0.367. The highest BCUT2D eigenvalue weighted by Gasteiger charge is 2.17. The van der Waals surface area contributed by atoms with Crippen molar-refractivity contribution < 1.29 is 14.3 Å². The summed E-state index contributed by atoms with van der Waals surface area (Å²) in [5.41, 5.74) is 1.34. The summed E-state index contributed by atoms with van der Waals surface area (Å²) >= 11 is 1.48. The van der Waals surface area contributed by atoms with Crippen LogP contribution >= 0.6 is 11.3 Å². The van der Waals surface area contributed by atoms with Crippen LogP contribution in [0.4, 0.5) is 0 Å². The number of carbonyl (C=O) groups excluding carboxylic acids is 1. The van der Waals surface area contributed by atoms with Gasteiger partial charge in [-0.2, -0.15) is 0 Å². The van der Waals surface area contributed by atoms with Gasteiger partial charge in [0, 0.05) is 10.4 Å². The number of rotatable bonds is 5. The third-order valence-corrected chi connectivity index (χ3v) is 3.68. The fraction of sp³-hybridized carbons (Fsp3) is 0.333. The molecule has 0 fully saturated rings. The van der Waals surface area contributed by atoms with Gasteiger partial charge < -0.3 is 9.47 Å². The van der Waals surface area contributed by atoms with Crippen LogP contribution < -0.4 is 4.74 Å². The summed E-state index contributed by atoms with van der Waals surface area (Å²) in [5, 5.41) is 0.798. The van der Waals surface area contributed by atoms with Gasteiger partial charge in [0.05, 0.1) is 13.2 Å². The molecule has 1 aromatic heterocycles. The Morgan fingerprint density at radius 2 is 2.10 bits per heavy atom. The van der Waals surface area contributed by atoms with Crippen LogP contribution in [0.25, 0.3) is 10.6 Å². The van der Waals surface area contributed by atoms with Gasteiger partial charge in [0.1, 0.15) is 10.8 Å². The van der Waals surface area contributed by atoms with E-state index < -0.39 is 0 Å². The Hall–Kier alpha value is -1.88. The van der Waals surface area contributed by atoms with Gasteiger partial charge in [-0.1, -0.05) is 12.1 Å². The van der Waals surface area contributed by atoms with Gasteiger partial charge in [-0.15, -0.1) is 11.3 Å². The average molecular weight is 291 g/mol. The highest BCUT2D eigenvalue weighted by atomic mass is 32.1. The minimum absolute atomic E-state index is 0.352. The van der Waals surface area contributed by atoms with Gasteiger partial charge in [0.15, 0.2) is 5.69 Å². The summed E-state index contributed by atoms with van der Waals surface area (Å²) in [7, 11) is 0. The number of nitrogens with zero attached hydrogens (tertiary/aromatic N) is 1. The van der Waals surface area contributed by atoms with E-state index in [4.69, 9.17) is 9.47 Å². The molecule has 0 saturated heterocycles. The van der Waals surface area contributed by atoms with E-state index in [1.54, 1.807) is 6.92 Å². The maximum atomic E-state index is 11.8. The number of ether oxygens (including phenoxy) is 2. The highest BCUT2D eigenvalue weighted by Crippen LogP contribution is 2.30. The molecule has 106 valence electrons. The van der Waals surface area contributed by atoms with Crippen molar-refractivity contribution in [2.75, 3.05) is 13.2 Å². The summed E-state index contributed by atoms with van der Waals surface area (Å²) in [6.45, 7) is 6.57. The van der Waals surface area contributed by atoms with Crippen molar-refractivity contribution in [1.29, 1.82) is 0 Å². The first kappa shape index (κ1) is 14.5. The number of benzene rings is 1. The molecule has 0 radical (unpaired) electrons. The molecule has 0 aliphatic heterocycles. The molecule has 5 heteroatoms. The molecule has 2 rings (SSSR count). The molecule has 0 N–H and O–H groups in total. The van der Waals surface area contributed by atoms with E-state index in [0.717, 1.165) is 21.2 Å². The molecule has 0 unspecified atom stereocenters. The fourth-order valence-electron chi connectivity index (χ4n) is 1.79. The summed E-state index contributed by atoms with van der Waals surface area (Å²) in [6, 6.07) is 7.70. The maximum absolute atomic E-state index is 11.8. The lowest BCUT2D eigenvalue weighted by Crippen LogP contribution is -2.06. The summed E-state index contributed by atoms with van der Waals surface area (Å²) in [4.78, 5) is 17.0. The molecule has 2 aromatic rings. The Morgan fingerprint density at radius 1 is 1.30 bits per heavy atom. The number of esters is 1. The number of hydrogen-bond acceptors (Lipinski definition) is 5. The molecule has 1 aromatic carbocycles. The van der Waals surface area contributed by atoms with Crippen LogP contribution in [0.3, 0.4) is 0 Å². The summed E-state index contributed by atoms with van der Waals surface area (Å²) in [5.74, 6) is 0.434. The van der Waals surface area contributed by atoms with Gasteiger partial charge in [-0.3, -0.25) is 0 Å². The average Bonchev–Trinajstić information content (AvgIpc) is 2.82. The van der Waals surface area contributed by atoms with Crippen molar-refractivity contribution in [2.24, 2.45) is 0 Å². The quantitative estimate of drug-likeness (QED) is 0.788. The number of hydrogen-bond donors (Lipinski definition) is 0. The number of thiazole rings is 1. The summed E-state index contributed by atoms with van der Waals surface area (Å²) < 4.78 is 10.5. The monoisotopic (exact) mass is 291 g/mol. The zero-order chi connectivity index (χ0) is 14.5. The lowest BCUT2D eigenvalue weighted by molar-refractivity contribution is 0.0519. The van der Waals surface area contributed by atoms with Gasteiger partial charge in [0.25, 0.3) is 0 Å². The van der Waals surface area contributed by atoms with Gasteiger partial charge in [0.2, 0.25) is 0 Å². The molecule has 0 aliphatic rings. The zero-order valence-electron chi connectivity index (χ0n) is 11.8. The third-order valence-electron chi connectivity index (χ3n) is 2.66. The van der Waals surface area contributed by atoms with E-state index in [9.17, 15) is 4.79 Å². The standard InChI is InChI=1S/C15H17NO3S/c1-4-18-12-8-6-7-11(9-12)14-16-13(10(3)20-14)15(17)19-5-2/h6-9H,4-5H2,1-3H3. The predicted octanol–water partition coefficient (Wildman–Crippen LogP) is 3.69. The Balaban J connectivity index is 2.31. The van der Waals surface area contributed by atoms with Crippen molar-refractivity contribution in [2.45, 2.75) is 20.8 Å². The fourth-order valence-corrected chi connectivity index (χ4v) is 2.69. The Kier molecular flexibility index (Phi) is 4.74. The molecule has 0 aliphatic carbocycles. The molecule has 0 spiro atoms. The molecule has 0 amide bonds. The van der Waals surface area contributed by atoms with Crippen molar-refractivity contribution in [3.63, 3.8) is 0 Å². The number of aryl methyl sites for hydroxylation is 1. The molecule has 0 bridgehead atoms. The van der Waals surface area contributed by atoms with Gasteiger partial charge in [-0.05, 0) is 32.9 Å². The van der Waals surface area contributed by atoms with Crippen LogP contribution in [-0.4, -0.2) is 24.2 Å². The van der Waals surface area contributed by atoms with Gasteiger partial charge in [-0.25, -0.2) is 9.78 Å². The topological polar surface area (TPSA) is 48.4 Å². The Labute approximate surface area is 122 Å². The largest absolute Gasteiger partial charge is 0.494 e. The first-order valence-corrected chi connectivity index (χ1v) is 7.35. The normalized spacial score (nSPS) is 10.3. The smallest absolute Gasteiger partial charge is 0.358 e. The molecule has 0 saturated carbocycles. The van der Waals surface area contributed by atoms with Crippen molar-refractivity contribution in [3.05, 3.63) is 34.8 Å². The lowest BCUT2D eigenvalue weighted by Gasteiger charge is -2.03. The second kappa shape index (κ2) is 6.52. The van der Waals surface area contributed by atoms with Crippen LogP contribution in [0.15, 0.2) is 24.3 Å². The van der Waals surface area contributed by atoms with Crippen LogP contribution in [-0.2, 0) is 4.74 Å². The Morgan fingerprint density at radius 3 is 2.80 bits per heavy atom. The predicted molar refractivity (Wildman–Crippen MR) is 79.4 cm³/mol. The molecule has 1 heterocycles. The van der Waals surface area contributed by atoms with Crippen LogP contribution in [0.5, 0.6) is 5.75 Å². The lowest BCUT2D eigenvalue weighted by atomic mass is 10.2. The first-order valence-electron chi connectivity index (χ1n) is 6.53. The molecule has 4 nitrogen and oxygen atoms in total. The van der Waals surface area contributed by atoms with Crippen molar-refractivity contribution in [3.8, 4) is 16.3 Å². The molecular weight excluding hydrogens is 274 g/mol. The van der Waals surface area contributed by atoms with E-state index in [1.807, 2.05) is 38.1 Å². The minimum Gasteiger partial charge on any atom is -0.494 e. The molecule has 20 heavy (non-hydrogen) atoms. The Bertz CT molecular complexity index is 607. The highest BCUT2D eigenvalue weighted by molar-refractivity contribution is 7.15. The third kappa shape index (κ3) is 3.17. The maximum Gasteiger partial charge on any atom is 0.358 e. The second-order valence-electron chi connectivity index (χ2n) is 4.11. The number of aromatic nitrogens is 1. The van der Waals surface area contributed by atoms with Crippen LogP contribution in [0, 0.1) is 6.92 Å². The van der Waals surface area contributed by atoms with E-state index in [2.05, 4.69) is 4.98 Å². The van der Waals surface area contributed by atoms with E-state index in [1.165, 1.54) is 11.3 Å². The van der Waals surface area contributed by atoms with Crippen molar-refractivity contribution >= 4 is 17.3 Å². The molecule has 0 atom stereocenters. The van der Waals surface area contributed by atoms with E-state index >= 15 is 0 Å². The van der Waals surface area contributed by atoms with Gasteiger partial charge >= 0.3 is 5.97 Å².